The van der Waals surface area contributed by atoms with Crippen molar-refractivity contribution in [3.05, 3.63) is 23.3 Å². The fourth-order valence-corrected chi connectivity index (χ4v) is 3.56. The van der Waals surface area contributed by atoms with Gasteiger partial charge in [-0.2, -0.15) is 0 Å². The van der Waals surface area contributed by atoms with Crippen LogP contribution in [0.2, 0.25) is 0 Å². The maximum atomic E-state index is 12.4. The molecule has 1 atom stereocenters. The SMILES string of the molecule is CC(=O)N1CC[C@H](c2ncc3c(n2)CCN(C(=O)CC(C)(C)C)C3)C1. The lowest BCUT2D eigenvalue weighted by Crippen LogP contribution is -2.38. The van der Waals surface area contributed by atoms with Gasteiger partial charge in [-0.15, -0.1) is 0 Å². The van der Waals surface area contributed by atoms with Gasteiger partial charge in [-0.25, -0.2) is 9.97 Å². The Labute approximate surface area is 149 Å². The van der Waals surface area contributed by atoms with E-state index >= 15 is 0 Å². The molecular weight excluding hydrogens is 316 g/mol. The minimum absolute atomic E-state index is 0.00276. The molecule has 0 saturated carbocycles. The summed E-state index contributed by atoms with van der Waals surface area (Å²) in [6, 6.07) is 0. The van der Waals surface area contributed by atoms with Gasteiger partial charge < -0.3 is 9.80 Å². The van der Waals surface area contributed by atoms with Crippen molar-refractivity contribution in [2.24, 2.45) is 5.41 Å². The summed E-state index contributed by atoms with van der Waals surface area (Å²) >= 11 is 0. The fraction of sp³-hybridized carbons (Fsp3) is 0.684. The standard InChI is InChI=1S/C19H28N4O2/c1-13(24)22-7-5-14(11-22)18-20-10-15-12-23(8-6-16(15)21-18)17(25)9-19(2,3)4/h10,14H,5-9,11-12H2,1-4H3/t14-/m0/s1. The molecule has 6 nitrogen and oxygen atoms in total. The summed E-state index contributed by atoms with van der Waals surface area (Å²) < 4.78 is 0. The van der Waals surface area contributed by atoms with Crippen molar-refractivity contribution in [3.8, 4) is 0 Å². The maximum absolute atomic E-state index is 12.4. The Hall–Kier alpha value is -1.98. The van der Waals surface area contributed by atoms with Crippen LogP contribution in [0.5, 0.6) is 0 Å². The average molecular weight is 344 g/mol. The summed E-state index contributed by atoms with van der Waals surface area (Å²) in [7, 11) is 0. The molecule has 1 saturated heterocycles. The van der Waals surface area contributed by atoms with Gasteiger partial charge in [0.1, 0.15) is 5.82 Å². The van der Waals surface area contributed by atoms with Crippen LogP contribution in [0.25, 0.3) is 0 Å². The number of aromatic nitrogens is 2. The second-order valence-electron chi connectivity index (χ2n) is 8.45. The molecular formula is C19H28N4O2. The molecule has 2 aliphatic heterocycles. The highest BCUT2D eigenvalue weighted by Gasteiger charge is 2.30. The Morgan fingerprint density at radius 1 is 1.24 bits per heavy atom. The van der Waals surface area contributed by atoms with Crippen LogP contribution in [0, 0.1) is 5.41 Å². The highest BCUT2D eigenvalue weighted by molar-refractivity contribution is 5.77. The van der Waals surface area contributed by atoms with Gasteiger partial charge in [0.15, 0.2) is 0 Å². The molecule has 0 radical (unpaired) electrons. The first kappa shape index (κ1) is 17.8. The van der Waals surface area contributed by atoms with Crippen molar-refractivity contribution in [1.82, 2.24) is 19.8 Å². The predicted octanol–water partition coefficient (Wildman–Crippen LogP) is 2.13. The summed E-state index contributed by atoms with van der Waals surface area (Å²) in [6.45, 7) is 10.7. The molecule has 1 aromatic rings. The lowest BCUT2D eigenvalue weighted by Gasteiger charge is -2.30. The van der Waals surface area contributed by atoms with Crippen LogP contribution < -0.4 is 0 Å². The number of hydrogen-bond acceptors (Lipinski definition) is 4. The van der Waals surface area contributed by atoms with E-state index in [1.807, 2.05) is 16.0 Å². The van der Waals surface area contributed by atoms with Gasteiger partial charge in [-0.3, -0.25) is 9.59 Å². The van der Waals surface area contributed by atoms with Gasteiger partial charge in [-0.1, -0.05) is 20.8 Å². The van der Waals surface area contributed by atoms with Crippen LogP contribution in [-0.2, 0) is 22.6 Å². The fourth-order valence-electron chi connectivity index (χ4n) is 3.56. The van der Waals surface area contributed by atoms with Crippen LogP contribution in [0.15, 0.2) is 6.20 Å². The highest BCUT2D eigenvalue weighted by Crippen LogP contribution is 2.27. The van der Waals surface area contributed by atoms with Crippen molar-refractivity contribution in [3.63, 3.8) is 0 Å². The summed E-state index contributed by atoms with van der Waals surface area (Å²) in [5.41, 5.74) is 2.12. The molecule has 3 rings (SSSR count). The van der Waals surface area contributed by atoms with E-state index in [4.69, 9.17) is 4.98 Å². The summed E-state index contributed by atoms with van der Waals surface area (Å²) in [5, 5.41) is 0. The molecule has 0 spiro atoms. The maximum Gasteiger partial charge on any atom is 0.223 e. The number of rotatable bonds is 2. The lowest BCUT2D eigenvalue weighted by molar-refractivity contribution is -0.134. The van der Waals surface area contributed by atoms with Crippen LogP contribution in [0.4, 0.5) is 0 Å². The molecule has 0 N–H and O–H groups in total. The van der Waals surface area contributed by atoms with Gasteiger partial charge in [0.25, 0.3) is 0 Å². The second kappa shape index (κ2) is 6.73. The van der Waals surface area contributed by atoms with Crippen LogP contribution >= 0.6 is 0 Å². The molecule has 2 aliphatic rings. The molecule has 0 aromatic carbocycles. The summed E-state index contributed by atoms with van der Waals surface area (Å²) in [6.07, 6.45) is 4.15. The molecule has 25 heavy (non-hydrogen) atoms. The number of carbonyl (C=O) groups excluding carboxylic acids is 2. The van der Waals surface area contributed by atoms with E-state index in [2.05, 4.69) is 25.8 Å². The first-order valence-corrected chi connectivity index (χ1v) is 9.11. The van der Waals surface area contributed by atoms with Gasteiger partial charge >= 0.3 is 0 Å². The first-order valence-electron chi connectivity index (χ1n) is 9.11. The Kier molecular flexibility index (Phi) is 4.80. The van der Waals surface area contributed by atoms with Crippen LogP contribution in [-0.4, -0.2) is 51.2 Å². The summed E-state index contributed by atoms with van der Waals surface area (Å²) in [4.78, 5) is 37.1. The average Bonchev–Trinajstić information content (AvgIpc) is 3.02. The zero-order chi connectivity index (χ0) is 18.2. The molecule has 1 aromatic heterocycles. The number of hydrogen-bond donors (Lipinski definition) is 0. The quantitative estimate of drug-likeness (QED) is 0.824. The van der Waals surface area contributed by atoms with Gasteiger partial charge in [-0.05, 0) is 11.8 Å². The Morgan fingerprint density at radius 3 is 2.64 bits per heavy atom. The molecule has 0 aliphatic carbocycles. The minimum atomic E-state index is 0.00276. The summed E-state index contributed by atoms with van der Waals surface area (Å²) in [5.74, 6) is 1.40. The Balaban J connectivity index is 1.68. The van der Waals surface area contributed by atoms with Gasteiger partial charge in [0.05, 0.1) is 5.69 Å². The van der Waals surface area contributed by atoms with E-state index in [9.17, 15) is 9.59 Å². The van der Waals surface area contributed by atoms with E-state index in [1.165, 1.54) is 0 Å². The first-order chi connectivity index (χ1) is 11.7. The molecule has 136 valence electrons. The Morgan fingerprint density at radius 2 is 2.00 bits per heavy atom. The highest BCUT2D eigenvalue weighted by atomic mass is 16.2. The number of fused-ring (bicyclic) bond motifs is 1. The van der Waals surface area contributed by atoms with E-state index in [-0.39, 0.29) is 23.1 Å². The van der Waals surface area contributed by atoms with Crippen LogP contribution in [0.1, 0.15) is 63.5 Å². The third kappa shape index (κ3) is 4.17. The van der Waals surface area contributed by atoms with Gasteiger partial charge in [0, 0.05) is 63.6 Å². The molecule has 1 fully saturated rings. The lowest BCUT2D eigenvalue weighted by atomic mass is 9.91. The van der Waals surface area contributed by atoms with E-state index in [1.54, 1.807) is 6.92 Å². The monoisotopic (exact) mass is 344 g/mol. The smallest absolute Gasteiger partial charge is 0.223 e. The van der Waals surface area contributed by atoms with E-state index in [0.717, 1.165) is 43.0 Å². The predicted molar refractivity (Wildman–Crippen MR) is 94.8 cm³/mol. The minimum Gasteiger partial charge on any atom is -0.342 e. The molecule has 0 unspecified atom stereocenters. The molecule has 6 heteroatoms. The third-order valence-corrected chi connectivity index (χ3v) is 4.99. The normalized spacial score (nSPS) is 20.6. The van der Waals surface area contributed by atoms with Crippen molar-refractivity contribution < 1.29 is 9.59 Å². The van der Waals surface area contributed by atoms with E-state index < -0.39 is 0 Å². The van der Waals surface area contributed by atoms with Crippen molar-refractivity contribution in [2.45, 2.75) is 59.4 Å². The number of nitrogens with zero attached hydrogens (tertiary/aromatic N) is 4. The molecule has 3 heterocycles. The Bertz CT molecular complexity index is 680. The van der Waals surface area contributed by atoms with Gasteiger partial charge in [0.2, 0.25) is 11.8 Å². The second-order valence-corrected chi connectivity index (χ2v) is 8.45. The van der Waals surface area contributed by atoms with E-state index in [0.29, 0.717) is 19.5 Å². The topological polar surface area (TPSA) is 66.4 Å². The van der Waals surface area contributed by atoms with Crippen LogP contribution in [0.3, 0.4) is 0 Å². The molecule has 2 amide bonds. The molecule has 0 bridgehead atoms. The third-order valence-electron chi connectivity index (χ3n) is 4.99. The number of likely N-dealkylation sites (tertiary alicyclic amines) is 1. The zero-order valence-corrected chi connectivity index (χ0v) is 15.7. The van der Waals surface area contributed by atoms with Crippen molar-refractivity contribution >= 4 is 11.8 Å². The largest absolute Gasteiger partial charge is 0.342 e. The number of carbonyl (C=O) groups is 2. The van der Waals surface area contributed by atoms with Crippen molar-refractivity contribution in [2.75, 3.05) is 19.6 Å². The zero-order valence-electron chi connectivity index (χ0n) is 15.7. The number of amides is 2. The van der Waals surface area contributed by atoms with Crippen molar-refractivity contribution in [1.29, 1.82) is 0 Å².